The molecule has 2 aromatic rings. The van der Waals surface area contributed by atoms with E-state index in [4.69, 9.17) is 16.6 Å². The van der Waals surface area contributed by atoms with Crippen LogP contribution in [0.5, 0.6) is 0 Å². The Labute approximate surface area is 172 Å². The molecule has 0 spiro atoms. The summed E-state index contributed by atoms with van der Waals surface area (Å²) in [7, 11) is 2.25. The lowest BCUT2D eigenvalue weighted by atomic mass is 9.67. The van der Waals surface area contributed by atoms with Crippen LogP contribution in [0.2, 0.25) is 5.02 Å². The van der Waals surface area contributed by atoms with Crippen molar-refractivity contribution in [2.24, 2.45) is 0 Å². The molecule has 0 radical (unpaired) electrons. The molecule has 2 aliphatic rings. The van der Waals surface area contributed by atoms with E-state index >= 15 is 0 Å². The normalized spacial score (nSPS) is 22.8. The zero-order valence-electron chi connectivity index (χ0n) is 16.2. The average Bonchev–Trinajstić information content (AvgIpc) is 3.33. The van der Waals surface area contributed by atoms with Crippen molar-refractivity contribution in [3.05, 3.63) is 45.9 Å². The summed E-state index contributed by atoms with van der Waals surface area (Å²) >= 11 is 7.90. The second kappa shape index (κ2) is 8.50. The molecule has 1 aliphatic heterocycles. The molecule has 1 N–H and O–H groups in total. The minimum atomic E-state index is 0.0605. The molecular formula is C22H30ClN3S. The van der Waals surface area contributed by atoms with Crippen LogP contribution < -0.4 is 5.32 Å². The maximum absolute atomic E-state index is 6.14. The van der Waals surface area contributed by atoms with Crippen molar-refractivity contribution < 1.29 is 0 Å². The molecule has 1 atom stereocenters. The minimum Gasteiger partial charge on any atom is -0.361 e. The number of anilines is 1. The highest BCUT2D eigenvalue weighted by Gasteiger charge is 2.37. The number of halogens is 1. The molecule has 1 aromatic heterocycles. The molecule has 146 valence electrons. The Hall–Kier alpha value is -1.10. The van der Waals surface area contributed by atoms with Crippen LogP contribution in [0.25, 0.3) is 0 Å². The fourth-order valence-electron chi connectivity index (χ4n) is 4.88. The SMILES string of the molecule is CN1CCCC1CCNc1nc(C2(c3ccc(Cl)cc3)CCCCC2)cs1. The molecule has 3 nitrogen and oxygen atoms in total. The van der Waals surface area contributed by atoms with Crippen molar-refractivity contribution in [1.82, 2.24) is 9.88 Å². The first kappa shape index (κ1) is 19.2. The standard InChI is InChI=1S/C22H30ClN3S/c1-26-15-5-6-19(26)11-14-24-21-25-20(16-27-21)22(12-3-2-4-13-22)17-7-9-18(23)10-8-17/h7-10,16,19H,2-6,11-15H2,1H3,(H,24,25). The first-order chi connectivity index (χ1) is 13.2. The van der Waals surface area contributed by atoms with Gasteiger partial charge < -0.3 is 10.2 Å². The summed E-state index contributed by atoms with van der Waals surface area (Å²) < 4.78 is 0. The third kappa shape index (κ3) is 4.18. The number of likely N-dealkylation sites (tertiary alicyclic amines) is 1. The Bertz CT molecular complexity index is 736. The highest BCUT2D eigenvalue weighted by atomic mass is 35.5. The van der Waals surface area contributed by atoms with Gasteiger partial charge >= 0.3 is 0 Å². The van der Waals surface area contributed by atoms with Crippen molar-refractivity contribution in [3.8, 4) is 0 Å². The lowest BCUT2D eigenvalue weighted by Crippen LogP contribution is -2.31. The molecule has 27 heavy (non-hydrogen) atoms. The van der Waals surface area contributed by atoms with Gasteiger partial charge in [-0.15, -0.1) is 11.3 Å². The van der Waals surface area contributed by atoms with Crippen LogP contribution in [0.3, 0.4) is 0 Å². The van der Waals surface area contributed by atoms with E-state index in [1.54, 1.807) is 11.3 Å². The lowest BCUT2D eigenvalue weighted by Gasteiger charge is -2.36. The fraction of sp³-hybridized carbons (Fsp3) is 0.591. The van der Waals surface area contributed by atoms with Gasteiger partial charge in [0.1, 0.15) is 0 Å². The summed E-state index contributed by atoms with van der Waals surface area (Å²) in [5.41, 5.74) is 2.68. The van der Waals surface area contributed by atoms with Gasteiger partial charge in [-0.2, -0.15) is 0 Å². The maximum Gasteiger partial charge on any atom is 0.182 e. The van der Waals surface area contributed by atoms with Gasteiger partial charge in [-0.25, -0.2) is 4.98 Å². The Balaban J connectivity index is 1.47. The summed E-state index contributed by atoms with van der Waals surface area (Å²) in [4.78, 5) is 7.54. The first-order valence-corrected chi connectivity index (χ1v) is 11.6. The van der Waals surface area contributed by atoms with Gasteiger partial charge in [-0.05, 0) is 63.4 Å². The summed E-state index contributed by atoms with van der Waals surface area (Å²) in [5, 5.41) is 7.75. The van der Waals surface area contributed by atoms with Crippen LogP contribution in [-0.4, -0.2) is 36.1 Å². The minimum absolute atomic E-state index is 0.0605. The highest BCUT2D eigenvalue weighted by molar-refractivity contribution is 7.13. The Morgan fingerprint density at radius 2 is 1.96 bits per heavy atom. The van der Waals surface area contributed by atoms with Crippen LogP contribution in [0.1, 0.15) is 62.6 Å². The monoisotopic (exact) mass is 403 g/mol. The summed E-state index contributed by atoms with van der Waals surface area (Å²) in [6, 6.07) is 9.19. The molecule has 1 aliphatic carbocycles. The van der Waals surface area contributed by atoms with Gasteiger partial charge in [0.05, 0.1) is 5.69 Å². The topological polar surface area (TPSA) is 28.2 Å². The van der Waals surface area contributed by atoms with Crippen LogP contribution in [0.4, 0.5) is 5.13 Å². The largest absolute Gasteiger partial charge is 0.361 e. The molecule has 2 heterocycles. The zero-order chi connectivity index (χ0) is 18.7. The fourth-order valence-corrected chi connectivity index (χ4v) is 5.85. The number of thiazole rings is 1. The highest BCUT2D eigenvalue weighted by Crippen LogP contribution is 2.45. The van der Waals surface area contributed by atoms with Crippen molar-refractivity contribution in [2.45, 2.75) is 62.8 Å². The second-order valence-corrected chi connectivity index (χ2v) is 9.47. The Morgan fingerprint density at radius 3 is 2.67 bits per heavy atom. The van der Waals surface area contributed by atoms with Crippen molar-refractivity contribution in [3.63, 3.8) is 0 Å². The van der Waals surface area contributed by atoms with E-state index in [9.17, 15) is 0 Å². The number of aromatic nitrogens is 1. The smallest absolute Gasteiger partial charge is 0.182 e. The van der Waals surface area contributed by atoms with E-state index in [2.05, 4.69) is 34.8 Å². The van der Waals surface area contributed by atoms with Crippen molar-refractivity contribution in [1.29, 1.82) is 0 Å². The van der Waals surface area contributed by atoms with Gasteiger partial charge in [-0.1, -0.05) is 43.0 Å². The number of nitrogens with zero attached hydrogens (tertiary/aromatic N) is 2. The number of rotatable bonds is 6. The van der Waals surface area contributed by atoms with Crippen LogP contribution in [-0.2, 0) is 5.41 Å². The molecule has 1 unspecified atom stereocenters. The Morgan fingerprint density at radius 1 is 1.19 bits per heavy atom. The molecule has 2 fully saturated rings. The van der Waals surface area contributed by atoms with Crippen LogP contribution >= 0.6 is 22.9 Å². The third-order valence-corrected chi connectivity index (χ3v) is 7.58. The third-order valence-electron chi connectivity index (χ3n) is 6.52. The quantitative estimate of drug-likeness (QED) is 0.646. The summed E-state index contributed by atoms with van der Waals surface area (Å²) in [6.45, 7) is 2.26. The Kier molecular flexibility index (Phi) is 6.05. The molecule has 0 amide bonds. The van der Waals surface area contributed by atoms with E-state index in [0.717, 1.165) is 22.7 Å². The number of benzene rings is 1. The van der Waals surface area contributed by atoms with E-state index in [1.165, 1.54) is 69.2 Å². The predicted octanol–water partition coefficient (Wildman–Crippen LogP) is 5.94. The van der Waals surface area contributed by atoms with Gasteiger partial charge in [0.15, 0.2) is 5.13 Å². The van der Waals surface area contributed by atoms with E-state index < -0.39 is 0 Å². The summed E-state index contributed by atoms with van der Waals surface area (Å²) in [6.07, 6.45) is 10.1. The predicted molar refractivity (Wildman–Crippen MR) is 116 cm³/mol. The lowest BCUT2D eigenvalue weighted by molar-refractivity contribution is 0.301. The van der Waals surface area contributed by atoms with E-state index in [1.807, 2.05) is 12.1 Å². The molecule has 4 rings (SSSR count). The second-order valence-electron chi connectivity index (χ2n) is 8.18. The van der Waals surface area contributed by atoms with Gasteiger partial charge in [0, 0.05) is 28.4 Å². The molecule has 0 bridgehead atoms. The summed E-state index contributed by atoms with van der Waals surface area (Å²) in [5.74, 6) is 0. The zero-order valence-corrected chi connectivity index (χ0v) is 17.8. The average molecular weight is 404 g/mol. The number of hydrogen-bond acceptors (Lipinski definition) is 4. The van der Waals surface area contributed by atoms with Crippen LogP contribution in [0, 0.1) is 0 Å². The molecule has 1 aromatic carbocycles. The van der Waals surface area contributed by atoms with Crippen LogP contribution in [0.15, 0.2) is 29.6 Å². The number of hydrogen-bond donors (Lipinski definition) is 1. The van der Waals surface area contributed by atoms with Gasteiger partial charge in [-0.3, -0.25) is 0 Å². The maximum atomic E-state index is 6.14. The number of nitrogens with one attached hydrogen (secondary N) is 1. The molecule has 1 saturated heterocycles. The van der Waals surface area contributed by atoms with Gasteiger partial charge in [0.25, 0.3) is 0 Å². The first-order valence-electron chi connectivity index (χ1n) is 10.3. The van der Waals surface area contributed by atoms with Gasteiger partial charge in [0.2, 0.25) is 0 Å². The van der Waals surface area contributed by atoms with Crippen molar-refractivity contribution >= 4 is 28.1 Å². The molecule has 1 saturated carbocycles. The molecular weight excluding hydrogens is 374 g/mol. The van der Waals surface area contributed by atoms with E-state index in [-0.39, 0.29) is 5.41 Å². The molecule has 5 heteroatoms. The van der Waals surface area contributed by atoms with E-state index in [0.29, 0.717) is 0 Å². The van der Waals surface area contributed by atoms with Crippen molar-refractivity contribution in [2.75, 3.05) is 25.5 Å².